The third kappa shape index (κ3) is 5.00. The molecule has 7 heteroatoms. The van der Waals surface area contributed by atoms with E-state index in [2.05, 4.69) is 11.0 Å². The Morgan fingerprint density at radius 2 is 2.00 bits per heavy atom. The molecule has 1 aliphatic heterocycles. The second kappa shape index (κ2) is 8.58. The van der Waals surface area contributed by atoms with E-state index in [0.29, 0.717) is 39.0 Å². The molecule has 0 unspecified atom stereocenters. The Balaban J connectivity index is 1.84. The number of carbonyl (C=O) groups excluding carboxylic acids is 1. The van der Waals surface area contributed by atoms with E-state index in [9.17, 15) is 20.2 Å². The number of nitriles is 1. The first-order chi connectivity index (χ1) is 11.9. The van der Waals surface area contributed by atoms with Gasteiger partial charge in [0.25, 0.3) is 5.69 Å². The quantitative estimate of drug-likeness (QED) is 0.583. The second-order valence-electron chi connectivity index (χ2n) is 6.66. The first-order valence-corrected chi connectivity index (χ1v) is 8.57. The molecule has 1 fully saturated rings. The molecule has 0 N–H and O–H groups in total. The van der Waals surface area contributed by atoms with E-state index in [-0.39, 0.29) is 23.6 Å². The monoisotopic (exact) mass is 344 g/mol. The Morgan fingerprint density at radius 1 is 1.32 bits per heavy atom. The van der Waals surface area contributed by atoms with Crippen molar-refractivity contribution in [2.75, 3.05) is 26.2 Å². The second-order valence-corrected chi connectivity index (χ2v) is 6.66. The fourth-order valence-electron chi connectivity index (χ4n) is 3.14. The molecule has 1 aromatic rings. The lowest BCUT2D eigenvalue weighted by molar-refractivity contribution is -0.384. The van der Waals surface area contributed by atoms with Gasteiger partial charge < -0.3 is 4.90 Å². The summed E-state index contributed by atoms with van der Waals surface area (Å²) in [4.78, 5) is 26.7. The average Bonchev–Trinajstić information content (AvgIpc) is 2.61. The molecule has 1 aliphatic rings. The number of benzene rings is 1. The van der Waals surface area contributed by atoms with Gasteiger partial charge in [0.2, 0.25) is 5.91 Å². The highest BCUT2D eigenvalue weighted by atomic mass is 16.6. The number of rotatable bonds is 6. The minimum absolute atomic E-state index is 0.0507. The minimum Gasteiger partial charge on any atom is -0.340 e. The molecule has 0 saturated carbocycles. The summed E-state index contributed by atoms with van der Waals surface area (Å²) < 4.78 is 0. The van der Waals surface area contributed by atoms with E-state index >= 15 is 0 Å². The van der Waals surface area contributed by atoms with E-state index < -0.39 is 4.92 Å². The van der Waals surface area contributed by atoms with Crippen LogP contribution in [0.3, 0.4) is 0 Å². The molecule has 0 bridgehead atoms. The summed E-state index contributed by atoms with van der Waals surface area (Å²) in [6.07, 6.45) is 0.834. The summed E-state index contributed by atoms with van der Waals surface area (Å²) in [6, 6.07) is 8.65. The van der Waals surface area contributed by atoms with Crippen LogP contribution in [0.15, 0.2) is 24.3 Å². The maximum Gasteiger partial charge on any atom is 0.269 e. The number of carbonyl (C=O) groups is 1. The van der Waals surface area contributed by atoms with Crippen LogP contribution in [0, 0.1) is 27.4 Å². The van der Waals surface area contributed by atoms with Crippen molar-refractivity contribution < 1.29 is 9.72 Å². The fourth-order valence-corrected chi connectivity index (χ4v) is 3.14. The van der Waals surface area contributed by atoms with Crippen LogP contribution in [0.2, 0.25) is 0 Å². The number of hydrogen-bond acceptors (Lipinski definition) is 5. The molecule has 1 amide bonds. The van der Waals surface area contributed by atoms with Crippen molar-refractivity contribution in [3.05, 3.63) is 39.9 Å². The van der Waals surface area contributed by atoms with Gasteiger partial charge in [0.15, 0.2) is 0 Å². The van der Waals surface area contributed by atoms with E-state index in [1.807, 2.05) is 18.7 Å². The van der Waals surface area contributed by atoms with Crippen LogP contribution in [-0.2, 0) is 11.2 Å². The van der Waals surface area contributed by atoms with Crippen LogP contribution < -0.4 is 0 Å². The highest BCUT2D eigenvalue weighted by Crippen LogP contribution is 2.16. The summed E-state index contributed by atoms with van der Waals surface area (Å²) in [5.41, 5.74) is 0.848. The van der Waals surface area contributed by atoms with Gasteiger partial charge in [0.05, 0.1) is 11.0 Å². The smallest absolute Gasteiger partial charge is 0.269 e. The first-order valence-electron chi connectivity index (χ1n) is 8.57. The van der Waals surface area contributed by atoms with Gasteiger partial charge in [-0.1, -0.05) is 26.0 Å². The van der Waals surface area contributed by atoms with Gasteiger partial charge in [-0.3, -0.25) is 19.8 Å². The normalized spacial score (nSPS) is 16.5. The molecule has 1 saturated heterocycles. The molecule has 0 aliphatic carbocycles. The van der Waals surface area contributed by atoms with Gasteiger partial charge >= 0.3 is 0 Å². The van der Waals surface area contributed by atoms with Crippen LogP contribution in [0.5, 0.6) is 0 Å². The third-order valence-corrected chi connectivity index (χ3v) is 4.57. The number of nitro benzene ring substituents is 1. The van der Waals surface area contributed by atoms with Gasteiger partial charge in [-0.15, -0.1) is 0 Å². The lowest BCUT2D eigenvalue weighted by Crippen LogP contribution is -2.52. The highest BCUT2D eigenvalue weighted by molar-refractivity contribution is 5.76. The molecule has 0 spiro atoms. The molecule has 134 valence electrons. The SMILES string of the molecule is CC(C)[C@H](C#N)N1CCN(C(=O)CCc2cccc([N+](=O)[O-])c2)CC1. The third-order valence-electron chi connectivity index (χ3n) is 4.57. The molecule has 1 aromatic carbocycles. The molecular weight excluding hydrogens is 320 g/mol. The molecule has 7 nitrogen and oxygen atoms in total. The number of aryl methyl sites for hydroxylation is 1. The standard InChI is InChI=1S/C18H24N4O3/c1-14(2)17(13-19)20-8-10-21(11-9-20)18(23)7-6-15-4-3-5-16(12-15)22(24)25/h3-5,12,14,17H,6-11H2,1-2H3/t17-/m0/s1. The Hall–Kier alpha value is -2.46. The van der Waals surface area contributed by atoms with Crippen molar-refractivity contribution in [3.8, 4) is 6.07 Å². The zero-order valence-corrected chi connectivity index (χ0v) is 14.7. The maximum atomic E-state index is 12.4. The van der Waals surface area contributed by atoms with E-state index in [0.717, 1.165) is 5.56 Å². The summed E-state index contributed by atoms with van der Waals surface area (Å²) >= 11 is 0. The number of nitro groups is 1. The zero-order valence-electron chi connectivity index (χ0n) is 14.7. The Morgan fingerprint density at radius 3 is 2.56 bits per heavy atom. The lowest BCUT2D eigenvalue weighted by atomic mass is 10.0. The number of amides is 1. The number of nitrogens with zero attached hydrogens (tertiary/aromatic N) is 4. The van der Waals surface area contributed by atoms with Gasteiger partial charge in [-0.05, 0) is 17.9 Å². The molecule has 1 heterocycles. The molecule has 2 rings (SSSR count). The van der Waals surface area contributed by atoms with Crippen molar-refractivity contribution in [3.63, 3.8) is 0 Å². The van der Waals surface area contributed by atoms with Crippen LogP contribution in [0.4, 0.5) is 5.69 Å². The van der Waals surface area contributed by atoms with E-state index in [4.69, 9.17) is 0 Å². The molecule has 1 atom stereocenters. The number of piperazine rings is 1. The van der Waals surface area contributed by atoms with Crippen molar-refractivity contribution in [1.82, 2.24) is 9.80 Å². The van der Waals surface area contributed by atoms with Crippen LogP contribution in [0.25, 0.3) is 0 Å². The Kier molecular flexibility index (Phi) is 6.48. The summed E-state index contributed by atoms with van der Waals surface area (Å²) in [5.74, 6) is 0.324. The summed E-state index contributed by atoms with van der Waals surface area (Å²) in [5, 5.41) is 20.1. The summed E-state index contributed by atoms with van der Waals surface area (Å²) in [7, 11) is 0. The van der Waals surface area contributed by atoms with Crippen molar-refractivity contribution in [2.45, 2.75) is 32.7 Å². The van der Waals surface area contributed by atoms with Gasteiger partial charge in [-0.2, -0.15) is 5.26 Å². The van der Waals surface area contributed by atoms with Crippen molar-refractivity contribution in [1.29, 1.82) is 5.26 Å². The molecule has 25 heavy (non-hydrogen) atoms. The van der Waals surface area contributed by atoms with Crippen molar-refractivity contribution in [2.24, 2.45) is 5.92 Å². The van der Waals surface area contributed by atoms with Crippen LogP contribution in [0.1, 0.15) is 25.8 Å². The molecule has 0 aromatic heterocycles. The molecule has 0 radical (unpaired) electrons. The predicted molar refractivity (Wildman–Crippen MR) is 93.8 cm³/mol. The van der Waals surface area contributed by atoms with Crippen molar-refractivity contribution >= 4 is 11.6 Å². The van der Waals surface area contributed by atoms with Gasteiger partial charge in [0, 0.05) is 44.7 Å². The van der Waals surface area contributed by atoms with Gasteiger partial charge in [-0.25, -0.2) is 0 Å². The summed E-state index contributed by atoms with van der Waals surface area (Å²) in [6.45, 7) is 6.73. The topological polar surface area (TPSA) is 90.5 Å². The zero-order chi connectivity index (χ0) is 18.4. The average molecular weight is 344 g/mol. The lowest BCUT2D eigenvalue weighted by Gasteiger charge is -2.38. The fraction of sp³-hybridized carbons (Fsp3) is 0.556. The Labute approximate surface area is 148 Å². The number of non-ortho nitro benzene ring substituents is 1. The maximum absolute atomic E-state index is 12.4. The minimum atomic E-state index is -0.426. The molecular formula is C18H24N4O3. The first kappa shape index (κ1) is 18.9. The van der Waals surface area contributed by atoms with Gasteiger partial charge in [0.1, 0.15) is 6.04 Å². The number of hydrogen-bond donors (Lipinski definition) is 0. The predicted octanol–water partition coefficient (Wildman–Crippen LogP) is 2.22. The van der Waals surface area contributed by atoms with E-state index in [1.54, 1.807) is 12.1 Å². The van der Waals surface area contributed by atoms with Crippen LogP contribution >= 0.6 is 0 Å². The van der Waals surface area contributed by atoms with E-state index in [1.165, 1.54) is 12.1 Å². The Bertz CT molecular complexity index is 661. The largest absolute Gasteiger partial charge is 0.340 e. The van der Waals surface area contributed by atoms with Crippen LogP contribution in [-0.4, -0.2) is 52.9 Å². The highest BCUT2D eigenvalue weighted by Gasteiger charge is 2.27.